The van der Waals surface area contributed by atoms with Gasteiger partial charge in [-0.1, -0.05) is 135 Å². The molecule has 210 valence electrons. The van der Waals surface area contributed by atoms with E-state index in [4.69, 9.17) is 0 Å². The quantitative estimate of drug-likeness (QED) is 0.119. The molecule has 36 heavy (non-hydrogen) atoms. The van der Waals surface area contributed by atoms with Crippen molar-refractivity contribution in [2.75, 3.05) is 11.5 Å². The van der Waals surface area contributed by atoms with Gasteiger partial charge in [0.1, 0.15) is 5.75 Å². The Morgan fingerprint density at radius 1 is 0.528 bits per heavy atom. The van der Waals surface area contributed by atoms with Crippen molar-refractivity contribution in [3.8, 4) is 5.75 Å². The van der Waals surface area contributed by atoms with E-state index in [0.717, 1.165) is 17.1 Å². The van der Waals surface area contributed by atoms with Gasteiger partial charge in [0.15, 0.2) is 0 Å². The van der Waals surface area contributed by atoms with Gasteiger partial charge >= 0.3 is 0 Å². The molecule has 0 aliphatic carbocycles. The van der Waals surface area contributed by atoms with Crippen LogP contribution < -0.4 is 0 Å². The van der Waals surface area contributed by atoms with E-state index in [2.05, 4.69) is 50.4 Å². The monoisotopic (exact) mass is 536 g/mol. The van der Waals surface area contributed by atoms with E-state index >= 15 is 0 Å². The second kappa shape index (κ2) is 25.0. The van der Waals surface area contributed by atoms with Crippen molar-refractivity contribution in [1.82, 2.24) is 0 Å². The van der Waals surface area contributed by atoms with Crippen molar-refractivity contribution in [3.63, 3.8) is 0 Å². The zero-order chi connectivity index (χ0) is 26.1. The second-order valence-corrected chi connectivity index (χ2v) is 13.0. The summed E-state index contributed by atoms with van der Waals surface area (Å²) >= 11 is 4.14. The summed E-state index contributed by atoms with van der Waals surface area (Å²) in [6.45, 7) is 6.68. The maximum absolute atomic E-state index is 10.3. The summed E-state index contributed by atoms with van der Waals surface area (Å²) in [7, 11) is 0. The molecule has 0 bridgehead atoms. The molecule has 1 rings (SSSR count). The summed E-state index contributed by atoms with van der Waals surface area (Å²) in [4.78, 5) is 0. The zero-order valence-corrected chi connectivity index (χ0v) is 26.0. The van der Waals surface area contributed by atoms with Crippen molar-refractivity contribution in [3.05, 3.63) is 28.8 Å². The van der Waals surface area contributed by atoms with Gasteiger partial charge in [-0.3, -0.25) is 0 Å². The largest absolute Gasteiger partial charge is 0.508 e. The molecule has 3 heteroatoms. The van der Waals surface area contributed by atoms with Crippen LogP contribution in [0, 0.1) is 6.92 Å². The summed E-state index contributed by atoms with van der Waals surface area (Å²) < 4.78 is 0. The van der Waals surface area contributed by atoms with Crippen LogP contribution in [0.4, 0.5) is 0 Å². The number of phenols is 1. The molecule has 1 aromatic rings. The maximum Gasteiger partial charge on any atom is 0.118 e. The minimum atomic E-state index is 0.466. The molecule has 0 fully saturated rings. The molecule has 0 aromatic heterocycles. The number of unbranched alkanes of at least 4 members (excludes halogenated alkanes) is 18. The molecule has 1 aromatic carbocycles. The molecule has 0 unspecified atom stereocenters. The molecule has 0 heterocycles. The topological polar surface area (TPSA) is 20.2 Å². The Kier molecular flexibility index (Phi) is 23.5. The van der Waals surface area contributed by atoms with Crippen molar-refractivity contribution >= 4 is 23.5 Å². The van der Waals surface area contributed by atoms with Gasteiger partial charge in [-0.15, -0.1) is 0 Å². The summed E-state index contributed by atoms with van der Waals surface area (Å²) in [5, 5.41) is 10.3. The smallest absolute Gasteiger partial charge is 0.118 e. The van der Waals surface area contributed by atoms with Gasteiger partial charge in [-0.2, -0.15) is 23.5 Å². The highest BCUT2D eigenvalue weighted by atomic mass is 32.2. The van der Waals surface area contributed by atoms with Crippen molar-refractivity contribution in [2.24, 2.45) is 0 Å². The second-order valence-electron chi connectivity index (χ2n) is 10.8. The normalized spacial score (nSPS) is 11.4. The van der Waals surface area contributed by atoms with Gasteiger partial charge in [0.2, 0.25) is 0 Å². The van der Waals surface area contributed by atoms with E-state index in [1.807, 2.05) is 6.07 Å². The summed E-state index contributed by atoms with van der Waals surface area (Å²) in [5.74, 6) is 5.12. The maximum atomic E-state index is 10.3. The van der Waals surface area contributed by atoms with Crippen molar-refractivity contribution in [1.29, 1.82) is 0 Å². The highest BCUT2D eigenvalue weighted by molar-refractivity contribution is 7.98. The lowest BCUT2D eigenvalue weighted by molar-refractivity contribution is 0.470. The van der Waals surface area contributed by atoms with E-state index in [1.165, 1.54) is 151 Å². The molecule has 0 atom stereocenters. The predicted molar refractivity (Wildman–Crippen MR) is 169 cm³/mol. The van der Waals surface area contributed by atoms with Crippen LogP contribution in [0.2, 0.25) is 0 Å². The third-order valence-corrected chi connectivity index (χ3v) is 9.62. The summed E-state index contributed by atoms with van der Waals surface area (Å²) in [5.41, 5.74) is 3.93. The number of aromatic hydroxyl groups is 1. The van der Waals surface area contributed by atoms with Crippen molar-refractivity contribution in [2.45, 2.75) is 161 Å². The Morgan fingerprint density at radius 3 is 1.36 bits per heavy atom. The van der Waals surface area contributed by atoms with Crippen LogP contribution in [0.3, 0.4) is 0 Å². The van der Waals surface area contributed by atoms with E-state index in [9.17, 15) is 5.11 Å². The standard InChI is InChI=1S/C33H60OS2/c1-4-6-8-10-12-14-16-18-20-22-26-35-28-31-24-25-33(34)30(3)32(31)29-36-27-23-21-19-17-15-13-11-9-7-5-2/h24-25,34H,4-23,26-29H2,1-3H3. The third kappa shape index (κ3) is 18.1. The van der Waals surface area contributed by atoms with Crippen LogP contribution in [0.25, 0.3) is 0 Å². The van der Waals surface area contributed by atoms with Gasteiger partial charge in [0, 0.05) is 11.5 Å². The Bertz CT molecular complexity index is 616. The Balaban J connectivity index is 2.12. The van der Waals surface area contributed by atoms with E-state index in [0.29, 0.717) is 5.75 Å². The molecule has 0 saturated carbocycles. The highest BCUT2D eigenvalue weighted by Gasteiger charge is 2.10. The van der Waals surface area contributed by atoms with Crippen LogP contribution in [0.15, 0.2) is 12.1 Å². The average Bonchev–Trinajstić information content (AvgIpc) is 2.88. The summed E-state index contributed by atoms with van der Waals surface area (Å²) in [6.07, 6.45) is 28.1. The van der Waals surface area contributed by atoms with Gasteiger partial charge < -0.3 is 5.11 Å². The van der Waals surface area contributed by atoms with Gasteiger partial charge in [0.05, 0.1) is 0 Å². The molecular weight excluding hydrogens is 476 g/mol. The Labute approximate surface area is 234 Å². The number of phenolic OH excluding ortho intramolecular Hbond substituents is 1. The van der Waals surface area contributed by atoms with Gasteiger partial charge in [0.25, 0.3) is 0 Å². The van der Waals surface area contributed by atoms with Crippen LogP contribution in [0.1, 0.15) is 159 Å². The fourth-order valence-electron chi connectivity index (χ4n) is 4.88. The molecule has 1 N–H and O–H groups in total. The van der Waals surface area contributed by atoms with Crippen molar-refractivity contribution < 1.29 is 5.11 Å². The fourth-order valence-corrected chi connectivity index (χ4v) is 7.08. The first-order valence-corrected chi connectivity index (χ1v) is 18.0. The molecule has 0 radical (unpaired) electrons. The fraction of sp³-hybridized carbons (Fsp3) is 0.818. The third-order valence-electron chi connectivity index (χ3n) is 7.46. The molecule has 0 amide bonds. The zero-order valence-electron chi connectivity index (χ0n) is 24.4. The number of rotatable bonds is 26. The van der Waals surface area contributed by atoms with Gasteiger partial charge in [-0.05, 0) is 54.0 Å². The molecule has 0 saturated heterocycles. The first-order chi connectivity index (χ1) is 17.7. The number of thioether (sulfide) groups is 2. The first kappa shape index (κ1) is 33.7. The molecular formula is C33H60OS2. The number of benzene rings is 1. The SMILES string of the molecule is CCCCCCCCCCCCSCc1ccc(O)c(C)c1CSCCCCCCCCCCCC. The molecule has 0 aliphatic rings. The predicted octanol–water partition coefficient (Wildman–Crippen LogP) is 12.0. The lowest BCUT2D eigenvalue weighted by atomic mass is 10.0. The number of hydrogen-bond donors (Lipinski definition) is 1. The molecule has 0 spiro atoms. The van der Waals surface area contributed by atoms with Crippen LogP contribution in [-0.2, 0) is 11.5 Å². The minimum absolute atomic E-state index is 0.466. The minimum Gasteiger partial charge on any atom is -0.508 e. The first-order valence-electron chi connectivity index (χ1n) is 15.7. The van der Waals surface area contributed by atoms with Gasteiger partial charge in [-0.25, -0.2) is 0 Å². The van der Waals surface area contributed by atoms with E-state index < -0.39 is 0 Å². The average molecular weight is 537 g/mol. The van der Waals surface area contributed by atoms with Crippen LogP contribution >= 0.6 is 23.5 Å². The lowest BCUT2D eigenvalue weighted by Gasteiger charge is -2.14. The molecule has 0 aliphatic heterocycles. The van der Waals surface area contributed by atoms with E-state index in [-0.39, 0.29) is 0 Å². The Hall–Kier alpha value is -0.280. The highest BCUT2D eigenvalue weighted by Crippen LogP contribution is 2.30. The lowest BCUT2D eigenvalue weighted by Crippen LogP contribution is -1.97. The van der Waals surface area contributed by atoms with Crippen LogP contribution in [0.5, 0.6) is 5.75 Å². The van der Waals surface area contributed by atoms with E-state index in [1.54, 1.807) is 0 Å². The Morgan fingerprint density at radius 2 is 0.917 bits per heavy atom. The molecule has 1 nitrogen and oxygen atoms in total. The van der Waals surface area contributed by atoms with Crippen LogP contribution in [-0.4, -0.2) is 16.6 Å². The summed E-state index contributed by atoms with van der Waals surface area (Å²) in [6, 6.07) is 4.08. The number of hydrogen-bond acceptors (Lipinski definition) is 3.